The average molecular weight is 348 g/mol. The molecule has 9 heteroatoms. The molecule has 25 heavy (non-hydrogen) atoms. The molecule has 1 unspecified atom stereocenters. The third kappa shape index (κ3) is 4.06. The Morgan fingerprint density at radius 2 is 1.92 bits per heavy atom. The van der Waals surface area contributed by atoms with Gasteiger partial charge in [0.15, 0.2) is 5.82 Å². The summed E-state index contributed by atoms with van der Waals surface area (Å²) in [5.41, 5.74) is 6.27. The standard InChI is InChI=1S/C16H15F3N6/c17-16(18,19)12(10-4-2-1-3-5-10)9-22-13-8-11(6-7-21-13)14-23-15(20)25-24-14/h1-8,12H,9H2,(H,21,22)(H3,20,23,24,25). The summed E-state index contributed by atoms with van der Waals surface area (Å²) in [7, 11) is 0. The van der Waals surface area contributed by atoms with E-state index in [4.69, 9.17) is 5.73 Å². The molecule has 2 heterocycles. The minimum absolute atomic E-state index is 0.0857. The first kappa shape index (κ1) is 16.7. The number of halogens is 3. The molecule has 1 aromatic carbocycles. The molecule has 0 bridgehead atoms. The van der Waals surface area contributed by atoms with Crippen molar-refractivity contribution in [2.45, 2.75) is 12.1 Å². The van der Waals surface area contributed by atoms with Crippen LogP contribution in [0.25, 0.3) is 11.4 Å². The number of aromatic amines is 1. The quantitative estimate of drug-likeness (QED) is 0.658. The van der Waals surface area contributed by atoms with Crippen molar-refractivity contribution in [3.05, 3.63) is 54.2 Å². The van der Waals surface area contributed by atoms with Crippen molar-refractivity contribution in [2.24, 2.45) is 0 Å². The van der Waals surface area contributed by atoms with Gasteiger partial charge >= 0.3 is 6.18 Å². The van der Waals surface area contributed by atoms with E-state index in [1.165, 1.54) is 18.3 Å². The molecule has 0 aliphatic rings. The van der Waals surface area contributed by atoms with Gasteiger partial charge in [-0.05, 0) is 17.7 Å². The topological polar surface area (TPSA) is 92.5 Å². The molecule has 3 rings (SSSR count). The van der Waals surface area contributed by atoms with Crippen molar-refractivity contribution in [1.82, 2.24) is 20.2 Å². The number of benzene rings is 1. The Morgan fingerprint density at radius 3 is 2.56 bits per heavy atom. The fourth-order valence-corrected chi connectivity index (χ4v) is 2.39. The maximum absolute atomic E-state index is 13.4. The maximum atomic E-state index is 13.4. The van der Waals surface area contributed by atoms with Gasteiger partial charge in [0, 0.05) is 18.3 Å². The summed E-state index contributed by atoms with van der Waals surface area (Å²) in [6.07, 6.45) is -2.90. The van der Waals surface area contributed by atoms with Gasteiger partial charge in [0.25, 0.3) is 0 Å². The third-order valence-corrected chi connectivity index (χ3v) is 3.62. The Morgan fingerprint density at radius 1 is 1.16 bits per heavy atom. The molecule has 1 atom stereocenters. The molecular formula is C16H15F3N6. The van der Waals surface area contributed by atoms with E-state index in [-0.39, 0.29) is 18.1 Å². The van der Waals surface area contributed by atoms with Crippen molar-refractivity contribution in [3.8, 4) is 11.4 Å². The normalized spacial score (nSPS) is 12.8. The van der Waals surface area contributed by atoms with Crippen LogP contribution < -0.4 is 11.1 Å². The lowest BCUT2D eigenvalue weighted by molar-refractivity contribution is -0.147. The van der Waals surface area contributed by atoms with Crippen LogP contribution in [-0.2, 0) is 0 Å². The molecule has 0 radical (unpaired) electrons. The first-order valence-electron chi connectivity index (χ1n) is 7.43. The molecule has 0 spiro atoms. The first-order chi connectivity index (χ1) is 11.9. The van der Waals surface area contributed by atoms with Crippen LogP contribution in [0.15, 0.2) is 48.7 Å². The molecule has 130 valence electrons. The predicted octanol–water partition coefficient (Wildman–Crippen LogP) is 3.21. The minimum atomic E-state index is -4.37. The highest BCUT2D eigenvalue weighted by Gasteiger charge is 2.40. The summed E-state index contributed by atoms with van der Waals surface area (Å²) in [5, 5.41) is 9.11. The molecule has 3 aromatic rings. The lowest BCUT2D eigenvalue weighted by Gasteiger charge is -2.21. The number of nitrogen functional groups attached to an aromatic ring is 1. The summed E-state index contributed by atoms with van der Waals surface area (Å²) < 4.78 is 40.1. The highest BCUT2D eigenvalue weighted by molar-refractivity contribution is 5.60. The fraction of sp³-hybridized carbons (Fsp3) is 0.188. The second-order valence-electron chi connectivity index (χ2n) is 5.36. The molecule has 0 aliphatic heterocycles. The monoisotopic (exact) mass is 348 g/mol. The Labute approximate surface area is 141 Å². The SMILES string of the molecule is Nc1n[nH]c(-c2ccnc(NCC(c3ccccc3)C(F)(F)F)c2)n1. The van der Waals surface area contributed by atoms with Crippen molar-refractivity contribution in [1.29, 1.82) is 0 Å². The van der Waals surface area contributed by atoms with Gasteiger partial charge in [0.1, 0.15) is 5.82 Å². The number of pyridine rings is 1. The number of rotatable bonds is 5. The number of anilines is 2. The van der Waals surface area contributed by atoms with E-state index >= 15 is 0 Å². The number of hydrogen-bond acceptors (Lipinski definition) is 5. The van der Waals surface area contributed by atoms with E-state index in [0.717, 1.165) is 0 Å². The lowest BCUT2D eigenvalue weighted by atomic mass is 9.98. The van der Waals surface area contributed by atoms with Gasteiger partial charge in [-0.1, -0.05) is 30.3 Å². The maximum Gasteiger partial charge on any atom is 0.397 e. The van der Waals surface area contributed by atoms with Crippen LogP contribution in [0.1, 0.15) is 11.5 Å². The number of aromatic nitrogens is 4. The molecule has 0 amide bonds. The molecule has 6 nitrogen and oxygen atoms in total. The van der Waals surface area contributed by atoms with E-state index in [2.05, 4.69) is 25.5 Å². The van der Waals surface area contributed by atoms with Gasteiger partial charge in [0.2, 0.25) is 5.95 Å². The van der Waals surface area contributed by atoms with Crippen LogP contribution >= 0.6 is 0 Å². The summed E-state index contributed by atoms with van der Waals surface area (Å²) in [6, 6.07) is 11.0. The van der Waals surface area contributed by atoms with E-state index in [0.29, 0.717) is 17.2 Å². The van der Waals surface area contributed by atoms with Crippen molar-refractivity contribution in [3.63, 3.8) is 0 Å². The van der Waals surface area contributed by atoms with E-state index < -0.39 is 12.1 Å². The largest absolute Gasteiger partial charge is 0.397 e. The molecule has 0 saturated heterocycles. The fourth-order valence-electron chi connectivity index (χ4n) is 2.39. The second-order valence-corrected chi connectivity index (χ2v) is 5.36. The number of alkyl halides is 3. The zero-order chi connectivity index (χ0) is 17.9. The van der Waals surface area contributed by atoms with Crippen LogP contribution in [0.4, 0.5) is 24.9 Å². The molecule has 4 N–H and O–H groups in total. The zero-order valence-electron chi connectivity index (χ0n) is 13.0. The predicted molar refractivity (Wildman–Crippen MR) is 87.8 cm³/mol. The smallest absolute Gasteiger partial charge is 0.369 e. The average Bonchev–Trinajstić information content (AvgIpc) is 3.02. The summed E-state index contributed by atoms with van der Waals surface area (Å²) >= 11 is 0. The molecular weight excluding hydrogens is 333 g/mol. The van der Waals surface area contributed by atoms with Gasteiger partial charge < -0.3 is 11.1 Å². The van der Waals surface area contributed by atoms with Gasteiger partial charge in [0.05, 0.1) is 5.92 Å². The van der Waals surface area contributed by atoms with Crippen LogP contribution in [0.5, 0.6) is 0 Å². The first-order valence-corrected chi connectivity index (χ1v) is 7.43. The van der Waals surface area contributed by atoms with E-state index in [1.807, 2.05) is 0 Å². The van der Waals surface area contributed by atoms with Gasteiger partial charge in [-0.2, -0.15) is 18.2 Å². The van der Waals surface area contributed by atoms with Crippen LogP contribution in [0.3, 0.4) is 0 Å². The van der Waals surface area contributed by atoms with E-state index in [9.17, 15) is 13.2 Å². The third-order valence-electron chi connectivity index (χ3n) is 3.62. The molecule has 0 fully saturated rings. The molecule has 0 saturated carbocycles. The highest BCUT2D eigenvalue weighted by atomic mass is 19.4. The van der Waals surface area contributed by atoms with Crippen LogP contribution in [0, 0.1) is 0 Å². The van der Waals surface area contributed by atoms with Crippen molar-refractivity contribution >= 4 is 11.8 Å². The van der Waals surface area contributed by atoms with Crippen molar-refractivity contribution < 1.29 is 13.2 Å². The zero-order valence-corrected chi connectivity index (χ0v) is 13.0. The van der Waals surface area contributed by atoms with E-state index in [1.54, 1.807) is 30.3 Å². The Balaban J connectivity index is 1.77. The Bertz CT molecular complexity index is 831. The van der Waals surface area contributed by atoms with Gasteiger partial charge in [-0.15, -0.1) is 5.10 Å². The number of H-pyrrole nitrogens is 1. The van der Waals surface area contributed by atoms with Gasteiger partial charge in [-0.3, -0.25) is 5.10 Å². The Hall–Kier alpha value is -3.10. The highest BCUT2D eigenvalue weighted by Crippen LogP contribution is 2.34. The number of nitrogens with zero attached hydrogens (tertiary/aromatic N) is 3. The minimum Gasteiger partial charge on any atom is -0.369 e. The Kier molecular flexibility index (Phi) is 4.55. The van der Waals surface area contributed by atoms with Crippen LogP contribution in [-0.4, -0.2) is 32.9 Å². The lowest BCUT2D eigenvalue weighted by Crippen LogP contribution is -2.27. The van der Waals surface area contributed by atoms with Crippen LogP contribution in [0.2, 0.25) is 0 Å². The number of nitrogens with two attached hydrogens (primary N) is 1. The number of hydrogen-bond donors (Lipinski definition) is 3. The van der Waals surface area contributed by atoms with Crippen molar-refractivity contribution in [2.75, 3.05) is 17.6 Å². The number of nitrogens with one attached hydrogen (secondary N) is 2. The molecule has 0 aliphatic carbocycles. The summed E-state index contributed by atoms with van der Waals surface area (Å²) in [5.74, 6) is -0.835. The summed E-state index contributed by atoms with van der Waals surface area (Å²) in [4.78, 5) is 8.03. The molecule has 2 aromatic heterocycles. The second kappa shape index (κ2) is 6.80. The summed E-state index contributed by atoms with van der Waals surface area (Å²) in [6.45, 7) is -0.331. The van der Waals surface area contributed by atoms with Gasteiger partial charge in [-0.25, -0.2) is 4.98 Å².